The summed E-state index contributed by atoms with van der Waals surface area (Å²) in [6.07, 6.45) is 5.37. The highest BCUT2D eigenvalue weighted by atomic mass is 32.1. The van der Waals surface area contributed by atoms with Crippen LogP contribution in [0, 0.1) is 0 Å². The summed E-state index contributed by atoms with van der Waals surface area (Å²) in [6, 6.07) is -0.0139. The maximum absolute atomic E-state index is 13.1. The first-order chi connectivity index (χ1) is 14.7. The highest BCUT2D eigenvalue weighted by Crippen LogP contribution is 2.32. The molecule has 1 fully saturated rings. The lowest BCUT2D eigenvalue weighted by molar-refractivity contribution is 0.0369. The van der Waals surface area contributed by atoms with Gasteiger partial charge in [0.25, 0.3) is 5.56 Å². The zero-order valence-electron chi connectivity index (χ0n) is 17.7. The van der Waals surface area contributed by atoms with E-state index in [1.165, 1.54) is 0 Å². The minimum absolute atomic E-state index is 0.0139. The second-order valence-electron chi connectivity index (χ2n) is 7.99. The van der Waals surface area contributed by atoms with Gasteiger partial charge in [-0.3, -0.25) is 14.3 Å². The maximum Gasteiger partial charge on any atom is 0.317 e. The molecule has 1 N–H and O–H groups in total. The number of aryl methyl sites for hydroxylation is 1. The van der Waals surface area contributed by atoms with Crippen LogP contribution in [0.15, 0.2) is 11.1 Å². The minimum Gasteiger partial charge on any atom is -0.379 e. The summed E-state index contributed by atoms with van der Waals surface area (Å²) >= 11 is 1.55. The summed E-state index contributed by atoms with van der Waals surface area (Å²) in [5.74, 6) is 0. The van der Waals surface area contributed by atoms with E-state index in [4.69, 9.17) is 4.74 Å². The molecule has 4 rings (SSSR count). The minimum atomic E-state index is -0.0139. The third-order valence-electron chi connectivity index (χ3n) is 5.90. The number of nitrogens with zero attached hydrogens (tertiary/aromatic N) is 4. The van der Waals surface area contributed by atoms with Gasteiger partial charge in [0.05, 0.1) is 31.5 Å². The molecule has 9 heteroatoms. The van der Waals surface area contributed by atoms with Gasteiger partial charge in [0.2, 0.25) is 0 Å². The Bertz CT molecular complexity index is 935. The summed E-state index contributed by atoms with van der Waals surface area (Å²) < 4.78 is 7.14. The van der Waals surface area contributed by atoms with E-state index in [-0.39, 0.29) is 11.6 Å². The van der Waals surface area contributed by atoms with Crippen molar-refractivity contribution in [1.29, 1.82) is 0 Å². The van der Waals surface area contributed by atoms with E-state index in [1.807, 2.05) is 4.90 Å². The van der Waals surface area contributed by atoms with Crippen LogP contribution in [0.4, 0.5) is 4.79 Å². The summed E-state index contributed by atoms with van der Waals surface area (Å²) in [4.78, 5) is 36.2. The number of rotatable bonds is 7. The quantitative estimate of drug-likeness (QED) is 0.676. The highest BCUT2D eigenvalue weighted by molar-refractivity contribution is 7.18. The Balaban J connectivity index is 1.43. The number of nitrogens with one attached hydrogen (secondary N) is 1. The number of hydrogen-bond acceptors (Lipinski definition) is 6. The van der Waals surface area contributed by atoms with Crippen molar-refractivity contribution in [2.24, 2.45) is 0 Å². The second-order valence-corrected chi connectivity index (χ2v) is 9.08. The normalized spacial score (nSPS) is 17.3. The first-order valence-electron chi connectivity index (χ1n) is 11.0. The van der Waals surface area contributed by atoms with E-state index in [1.54, 1.807) is 22.2 Å². The third-order valence-corrected chi connectivity index (χ3v) is 7.02. The molecule has 2 amide bonds. The summed E-state index contributed by atoms with van der Waals surface area (Å²) in [5.41, 5.74) is 1.15. The fraction of sp³-hybridized carbons (Fsp3) is 0.667. The molecule has 2 aromatic rings. The topological polar surface area (TPSA) is 79.7 Å². The van der Waals surface area contributed by atoms with Crippen molar-refractivity contribution in [3.05, 3.63) is 27.1 Å². The third kappa shape index (κ3) is 4.68. The largest absolute Gasteiger partial charge is 0.379 e. The van der Waals surface area contributed by atoms with Crippen LogP contribution in [-0.2, 0) is 24.2 Å². The van der Waals surface area contributed by atoms with E-state index >= 15 is 0 Å². The van der Waals surface area contributed by atoms with Crippen molar-refractivity contribution < 1.29 is 9.53 Å². The zero-order valence-corrected chi connectivity index (χ0v) is 18.5. The number of carbonyl (C=O) groups excluding carboxylic acids is 1. The molecule has 0 radical (unpaired) electrons. The zero-order chi connectivity index (χ0) is 20.9. The number of amides is 2. The fourth-order valence-corrected chi connectivity index (χ4v) is 5.32. The molecule has 0 saturated carbocycles. The van der Waals surface area contributed by atoms with Crippen molar-refractivity contribution >= 4 is 27.6 Å². The Kier molecular flexibility index (Phi) is 7.01. The van der Waals surface area contributed by atoms with Gasteiger partial charge in [-0.25, -0.2) is 9.78 Å². The van der Waals surface area contributed by atoms with Gasteiger partial charge in [0, 0.05) is 44.1 Å². The molecule has 0 aliphatic carbocycles. The molecule has 164 valence electrons. The number of fused-ring (bicyclic) bond motifs is 3. The van der Waals surface area contributed by atoms with Crippen LogP contribution in [0.2, 0.25) is 0 Å². The molecule has 0 unspecified atom stereocenters. The smallest absolute Gasteiger partial charge is 0.317 e. The predicted molar refractivity (Wildman–Crippen MR) is 118 cm³/mol. The van der Waals surface area contributed by atoms with Crippen molar-refractivity contribution in [2.45, 2.75) is 45.7 Å². The lowest BCUT2D eigenvalue weighted by Crippen LogP contribution is -2.42. The molecule has 0 spiro atoms. The maximum atomic E-state index is 13.1. The number of hydrogen-bond donors (Lipinski definition) is 1. The van der Waals surface area contributed by atoms with Crippen LogP contribution < -0.4 is 10.9 Å². The average molecular weight is 434 g/mol. The van der Waals surface area contributed by atoms with Crippen LogP contribution in [0.3, 0.4) is 0 Å². The number of aromatic nitrogens is 2. The monoisotopic (exact) mass is 433 g/mol. The molecule has 0 aromatic carbocycles. The average Bonchev–Trinajstić information content (AvgIpc) is 3.14. The first-order valence-corrected chi connectivity index (χ1v) is 11.8. The van der Waals surface area contributed by atoms with Gasteiger partial charge in [0.15, 0.2) is 0 Å². The predicted octanol–water partition coefficient (Wildman–Crippen LogP) is 2.05. The van der Waals surface area contributed by atoms with Crippen LogP contribution >= 0.6 is 11.3 Å². The van der Waals surface area contributed by atoms with Gasteiger partial charge >= 0.3 is 6.03 Å². The molecule has 30 heavy (non-hydrogen) atoms. The highest BCUT2D eigenvalue weighted by Gasteiger charge is 2.26. The second kappa shape index (κ2) is 9.89. The lowest BCUT2D eigenvalue weighted by atomic mass is 10.1. The van der Waals surface area contributed by atoms with E-state index < -0.39 is 0 Å². The van der Waals surface area contributed by atoms with E-state index in [2.05, 4.69) is 22.1 Å². The standard InChI is InChI=1S/C21H31N5O3S/c1-2-3-6-22-21(28)25-9-5-16-17(14-25)30-19-18(16)20(27)26(15-23-19)8-4-7-24-10-12-29-13-11-24/h15H,2-14H2,1H3,(H,22,28). The number of carbonyl (C=O) groups is 1. The number of thiophene rings is 1. The van der Waals surface area contributed by atoms with E-state index in [0.717, 1.165) is 72.8 Å². The van der Waals surface area contributed by atoms with Crippen molar-refractivity contribution in [2.75, 3.05) is 45.9 Å². The SMILES string of the molecule is CCCCNC(=O)N1CCc2c(sc3ncn(CCCN4CCOCC4)c(=O)c23)C1. The summed E-state index contributed by atoms with van der Waals surface area (Å²) in [6.45, 7) is 9.19. The van der Waals surface area contributed by atoms with E-state index in [0.29, 0.717) is 32.6 Å². The van der Waals surface area contributed by atoms with E-state index in [9.17, 15) is 9.59 Å². The number of morpholine rings is 1. The molecule has 2 aliphatic heterocycles. The van der Waals surface area contributed by atoms with Crippen LogP contribution in [0.1, 0.15) is 36.6 Å². The van der Waals surface area contributed by atoms with Crippen LogP contribution in [0.5, 0.6) is 0 Å². The molecular formula is C21H31N5O3S. The van der Waals surface area contributed by atoms with Crippen LogP contribution in [0.25, 0.3) is 10.2 Å². The molecular weight excluding hydrogens is 402 g/mol. The fourth-order valence-electron chi connectivity index (χ4n) is 4.12. The summed E-state index contributed by atoms with van der Waals surface area (Å²) in [7, 11) is 0. The number of urea groups is 1. The van der Waals surface area contributed by atoms with Gasteiger partial charge in [-0.2, -0.15) is 0 Å². The van der Waals surface area contributed by atoms with Gasteiger partial charge in [-0.05, 0) is 24.8 Å². The molecule has 1 saturated heterocycles. The van der Waals surface area contributed by atoms with Crippen molar-refractivity contribution in [3.8, 4) is 0 Å². The molecule has 8 nitrogen and oxygen atoms in total. The lowest BCUT2D eigenvalue weighted by Gasteiger charge is -2.27. The van der Waals surface area contributed by atoms with Gasteiger partial charge in [-0.1, -0.05) is 13.3 Å². The first kappa shape index (κ1) is 21.3. The Morgan fingerprint density at radius 1 is 1.23 bits per heavy atom. The van der Waals surface area contributed by atoms with Gasteiger partial charge in [-0.15, -0.1) is 11.3 Å². The van der Waals surface area contributed by atoms with Crippen molar-refractivity contribution in [3.63, 3.8) is 0 Å². The molecule has 0 bridgehead atoms. The Morgan fingerprint density at radius 3 is 2.87 bits per heavy atom. The van der Waals surface area contributed by atoms with Crippen molar-refractivity contribution in [1.82, 2.24) is 24.7 Å². The molecule has 4 heterocycles. The van der Waals surface area contributed by atoms with Gasteiger partial charge < -0.3 is 15.0 Å². The molecule has 2 aliphatic rings. The Morgan fingerprint density at radius 2 is 2.07 bits per heavy atom. The summed E-state index contributed by atoms with van der Waals surface area (Å²) in [5, 5.41) is 3.75. The molecule has 2 aromatic heterocycles. The number of unbranched alkanes of at least 4 members (excludes halogenated alkanes) is 1. The van der Waals surface area contributed by atoms with Crippen LogP contribution in [-0.4, -0.2) is 71.3 Å². The Hall–Kier alpha value is -1.97. The molecule has 0 atom stereocenters. The number of ether oxygens (including phenoxy) is 1. The van der Waals surface area contributed by atoms with Gasteiger partial charge in [0.1, 0.15) is 4.83 Å². The Labute approximate surface area is 180 Å².